The molecule has 0 radical (unpaired) electrons. The van der Waals surface area contributed by atoms with E-state index >= 15 is 0 Å². The standard InChI is InChI=1S/C26H32N6O2/c1-26(2,30-33)20-9-15-32(16-10-20)24-25(28-14-13-27-24)34-21-11-17-31(18-12-21)23-8-7-19-5-3-4-6-22(19)29-23/h3-8,13-14,20-21H,9-12,15-18H2,1-2H3. The number of para-hydroxylation sites is 1. The number of ether oxygens (including phenoxy) is 1. The minimum absolute atomic E-state index is 0.0999. The Morgan fingerprint density at radius 2 is 1.62 bits per heavy atom. The molecule has 0 atom stereocenters. The second-order valence-corrected chi connectivity index (χ2v) is 9.86. The van der Waals surface area contributed by atoms with E-state index in [9.17, 15) is 4.91 Å². The van der Waals surface area contributed by atoms with E-state index in [1.54, 1.807) is 12.4 Å². The second kappa shape index (κ2) is 9.52. The number of benzene rings is 1. The van der Waals surface area contributed by atoms with Crippen molar-refractivity contribution in [3.05, 3.63) is 53.7 Å². The Kier molecular flexibility index (Phi) is 6.30. The monoisotopic (exact) mass is 460 g/mol. The van der Waals surface area contributed by atoms with Crippen LogP contribution in [0.4, 0.5) is 11.6 Å². The summed E-state index contributed by atoms with van der Waals surface area (Å²) in [5.41, 5.74) is 0.500. The highest BCUT2D eigenvalue weighted by molar-refractivity contribution is 5.80. The summed E-state index contributed by atoms with van der Waals surface area (Å²) >= 11 is 0. The summed E-state index contributed by atoms with van der Waals surface area (Å²) in [6, 6.07) is 12.5. The van der Waals surface area contributed by atoms with Crippen molar-refractivity contribution in [2.24, 2.45) is 11.1 Å². The minimum Gasteiger partial charge on any atom is -0.472 e. The van der Waals surface area contributed by atoms with Gasteiger partial charge in [0.2, 0.25) is 0 Å². The van der Waals surface area contributed by atoms with Crippen LogP contribution in [-0.2, 0) is 0 Å². The van der Waals surface area contributed by atoms with Crippen LogP contribution < -0.4 is 14.5 Å². The van der Waals surface area contributed by atoms with Crippen LogP contribution in [0.15, 0.2) is 54.0 Å². The molecule has 1 aromatic carbocycles. The lowest BCUT2D eigenvalue weighted by molar-refractivity contribution is 0.163. The van der Waals surface area contributed by atoms with E-state index in [0.717, 1.165) is 74.4 Å². The number of piperidine rings is 2. The number of rotatable bonds is 6. The molecule has 2 aliphatic heterocycles. The van der Waals surface area contributed by atoms with Crippen LogP contribution in [0.2, 0.25) is 0 Å². The summed E-state index contributed by atoms with van der Waals surface area (Å²) < 4.78 is 6.38. The summed E-state index contributed by atoms with van der Waals surface area (Å²) in [6.07, 6.45) is 7.15. The van der Waals surface area contributed by atoms with E-state index in [-0.39, 0.29) is 12.0 Å². The van der Waals surface area contributed by atoms with Gasteiger partial charge in [-0.2, -0.15) is 4.91 Å². The highest BCUT2D eigenvalue weighted by Gasteiger charge is 2.35. The molecule has 3 aromatic rings. The van der Waals surface area contributed by atoms with Crippen molar-refractivity contribution in [3.63, 3.8) is 0 Å². The first-order valence-corrected chi connectivity index (χ1v) is 12.2. The van der Waals surface area contributed by atoms with Gasteiger partial charge in [0, 0.05) is 56.8 Å². The van der Waals surface area contributed by atoms with Crippen LogP contribution in [0, 0.1) is 10.8 Å². The third-order valence-electron chi connectivity index (χ3n) is 7.30. The molecule has 8 heteroatoms. The van der Waals surface area contributed by atoms with Crippen molar-refractivity contribution < 1.29 is 4.74 Å². The van der Waals surface area contributed by atoms with E-state index in [2.05, 4.69) is 49.2 Å². The highest BCUT2D eigenvalue weighted by Crippen LogP contribution is 2.35. The summed E-state index contributed by atoms with van der Waals surface area (Å²) in [5.74, 6) is 2.72. The van der Waals surface area contributed by atoms with Crippen molar-refractivity contribution >= 4 is 22.5 Å². The molecule has 2 fully saturated rings. The van der Waals surface area contributed by atoms with Crippen LogP contribution >= 0.6 is 0 Å². The lowest BCUT2D eigenvalue weighted by atomic mass is 9.81. The first-order valence-electron chi connectivity index (χ1n) is 12.2. The fraction of sp³-hybridized carbons (Fsp3) is 0.500. The van der Waals surface area contributed by atoms with Crippen molar-refractivity contribution in [2.45, 2.75) is 51.2 Å². The second-order valence-electron chi connectivity index (χ2n) is 9.86. The first kappa shape index (κ1) is 22.5. The number of fused-ring (bicyclic) bond motifs is 1. The summed E-state index contributed by atoms with van der Waals surface area (Å²) in [6.45, 7) is 7.29. The average Bonchev–Trinajstić information content (AvgIpc) is 2.89. The fourth-order valence-electron chi connectivity index (χ4n) is 5.08. The molecule has 0 amide bonds. The number of hydrogen-bond acceptors (Lipinski definition) is 8. The molecule has 0 aliphatic carbocycles. The molecule has 2 aliphatic rings. The maximum atomic E-state index is 11.2. The largest absolute Gasteiger partial charge is 0.472 e. The van der Waals surface area contributed by atoms with Gasteiger partial charge < -0.3 is 14.5 Å². The third-order valence-corrected chi connectivity index (χ3v) is 7.30. The van der Waals surface area contributed by atoms with E-state index in [1.807, 2.05) is 26.0 Å². The molecule has 0 bridgehead atoms. The van der Waals surface area contributed by atoms with Gasteiger partial charge in [0.25, 0.3) is 5.88 Å². The van der Waals surface area contributed by atoms with E-state index in [1.165, 1.54) is 0 Å². The topological polar surface area (TPSA) is 83.8 Å². The Hall–Kier alpha value is -3.29. The number of anilines is 2. The van der Waals surface area contributed by atoms with Crippen molar-refractivity contribution in [1.29, 1.82) is 0 Å². The molecule has 4 heterocycles. The molecule has 2 saturated heterocycles. The lowest BCUT2D eigenvalue weighted by Gasteiger charge is -2.38. The number of hydrogen-bond donors (Lipinski definition) is 0. The van der Waals surface area contributed by atoms with Gasteiger partial charge in [-0.15, -0.1) is 0 Å². The van der Waals surface area contributed by atoms with E-state index in [0.29, 0.717) is 5.88 Å². The maximum absolute atomic E-state index is 11.2. The third kappa shape index (κ3) is 4.67. The molecule has 2 aromatic heterocycles. The predicted octanol–water partition coefficient (Wildman–Crippen LogP) is 4.83. The smallest absolute Gasteiger partial charge is 0.257 e. The molecule has 178 valence electrons. The Balaban J connectivity index is 1.20. The zero-order valence-electron chi connectivity index (χ0n) is 19.9. The number of pyridine rings is 1. The quantitative estimate of drug-likeness (QED) is 0.487. The van der Waals surface area contributed by atoms with Crippen molar-refractivity contribution in [1.82, 2.24) is 15.0 Å². The Labute approximate surface area is 200 Å². The zero-order valence-corrected chi connectivity index (χ0v) is 19.9. The van der Waals surface area contributed by atoms with Crippen molar-refractivity contribution in [2.75, 3.05) is 36.0 Å². The van der Waals surface area contributed by atoms with Crippen LogP contribution in [-0.4, -0.2) is 52.8 Å². The van der Waals surface area contributed by atoms with Gasteiger partial charge in [0.15, 0.2) is 5.82 Å². The van der Waals surface area contributed by atoms with E-state index < -0.39 is 5.54 Å². The zero-order chi connectivity index (χ0) is 23.5. The number of nitrogens with zero attached hydrogens (tertiary/aromatic N) is 6. The molecule has 34 heavy (non-hydrogen) atoms. The van der Waals surface area contributed by atoms with Gasteiger partial charge in [0.05, 0.1) is 11.1 Å². The highest BCUT2D eigenvalue weighted by atomic mass is 16.5. The van der Waals surface area contributed by atoms with Gasteiger partial charge in [-0.3, -0.25) is 0 Å². The molecule has 0 spiro atoms. The van der Waals surface area contributed by atoms with Crippen LogP contribution in [0.1, 0.15) is 39.5 Å². The van der Waals surface area contributed by atoms with Crippen LogP contribution in [0.3, 0.4) is 0 Å². The average molecular weight is 461 g/mol. The summed E-state index contributed by atoms with van der Waals surface area (Å²) in [7, 11) is 0. The molecular weight excluding hydrogens is 428 g/mol. The molecule has 5 rings (SSSR count). The summed E-state index contributed by atoms with van der Waals surface area (Å²) in [5, 5.41) is 4.51. The fourth-order valence-corrected chi connectivity index (χ4v) is 5.08. The van der Waals surface area contributed by atoms with Gasteiger partial charge in [0.1, 0.15) is 11.9 Å². The SMILES string of the molecule is CC(C)(N=O)C1CCN(c2nccnc2OC2CCN(c3ccc4ccccc4n3)CC2)CC1. The number of nitroso groups, excluding NO2 is 1. The Morgan fingerprint density at radius 1 is 0.912 bits per heavy atom. The number of aromatic nitrogens is 3. The van der Waals surface area contributed by atoms with Crippen LogP contribution in [0.5, 0.6) is 5.88 Å². The molecule has 0 unspecified atom stereocenters. The minimum atomic E-state index is -0.526. The summed E-state index contributed by atoms with van der Waals surface area (Å²) in [4.78, 5) is 29.7. The Morgan fingerprint density at radius 3 is 2.38 bits per heavy atom. The van der Waals surface area contributed by atoms with Gasteiger partial charge in [-0.25, -0.2) is 15.0 Å². The van der Waals surface area contributed by atoms with Gasteiger partial charge in [-0.1, -0.05) is 23.4 Å². The van der Waals surface area contributed by atoms with Gasteiger partial charge in [-0.05, 0) is 50.8 Å². The molecule has 0 N–H and O–H groups in total. The Bertz CT molecular complexity index is 1140. The van der Waals surface area contributed by atoms with Gasteiger partial charge >= 0.3 is 0 Å². The predicted molar refractivity (Wildman–Crippen MR) is 134 cm³/mol. The maximum Gasteiger partial charge on any atom is 0.257 e. The molecule has 0 saturated carbocycles. The first-order chi connectivity index (χ1) is 16.5. The molecule has 8 nitrogen and oxygen atoms in total. The van der Waals surface area contributed by atoms with E-state index in [4.69, 9.17) is 9.72 Å². The molecular formula is C26H32N6O2. The normalized spacial score (nSPS) is 18.3. The van der Waals surface area contributed by atoms with Crippen LogP contribution in [0.25, 0.3) is 10.9 Å². The lowest BCUT2D eigenvalue weighted by Crippen LogP contribution is -2.42. The van der Waals surface area contributed by atoms with Crippen molar-refractivity contribution in [3.8, 4) is 5.88 Å².